The minimum atomic E-state index is -0.144. The van der Waals surface area contributed by atoms with Crippen molar-refractivity contribution in [1.82, 2.24) is 10.2 Å². The molecule has 0 unspecified atom stereocenters. The fourth-order valence-corrected chi connectivity index (χ4v) is 3.79. The van der Waals surface area contributed by atoms with E-state index in [0.717, 1.165) is 18.4 Å². The molecule has 3 amide bonds. The predicted octanol–water partition coefficient (Wildman–Crippen LogP) is 3.96. The van der Waals surface area contributed by atoms with Gasteiger partial charge < -0.3 is 25.0 Å². The van der Waals surface area contributed by atoms with Crippen molar-refractivity contribution in [2.75, 3.05) is 32.6 Å². The molecule has 166 valence electrons. The lowest BCUT2D eigenvalue weighted by Crippen LogP contribution is -2.41. The number of nitrogens with one attached hydrogen (secondary N) is 2. The third kappa shape index (κ3) is 6.13. The number of carbonyl (C=O) groups excluding carboxylic acids is 2. The number of amides is 3. The number of carbonyl (C=O) groups is 2. The highest BCUT2D eigenvalue weighted by Crippen LogP contribution is 2.30. The summed E-state index contributed by atoms with van der Waals surface area (Å²) in [4.78, 5) is 26.7. The van der Waals surface area contributed by atoms with Crippen molar-refractivity contribution >= 4 is 17.6 Å². The van der Waals surface area contributed by atoms with E-state index in [1.165, 1.54) is 5.56 Å². The minimum Gasteiger partial charge on any atom is -0.493 e. The fraction of sp³-hybridized carbons (Fsp3) is 0.417. The first kappa shape index (κ1) is 22.5. The Hall–Kier alpha value is -3.22. The lowest BCUT2D eigenvalue weighted by atomic mass is 9.93. The smallest absolute Gasteiger partial charge is 0.321 e. The van der Waals surface area contributed by atoms with Crippen molar-refractivity contribution in [3.05, 3.63) is 53.6 Å². The number of hydrogen-bond donors (Lipinski definition) is 2. The summed E-state index contributed by atoms with van der Waals surface area (Å²) >= 11 is 0. The van der Waals surface area contributed by atoms with Gasteiger partial charge in [-0.25, -0.2) is 4.79 Å². The quantitative estimate of drug-likeness (QED) is 0.704. The van der Waals surface area contributed by atoms with Crippen molar-refractivity contribution < 1.29 is 19.1 Å². The van der Waals surface area contributed by atoms with Crippen LogP contribution < -0.4 is 20.1 Å². The number of methoxy groups -OCH3 is 2. The highest BCUT2D eigenvalue weighted by molar-refractivity contribution is 5.89. The Morgan fingerprint density at radius 1 is 1.03 bits per heavy atom. The van der Waals surface area contributed by atoms with Crippen LogP contribution in [0.4, 0.5) is 10.5 Å². The Morgan fingerprint density at radius 3 is 2.42 bits per heavy atom. The molecule has 3 rings (SSSR count). The average Bonchev–Trinajstić information content (AvgIpc) is 2.79. The SMILES string of the molecule is COc1ccc(NC(=O)N2CCC(CC(=O)NCc3ccccc3C)CC2)cc1OC. The molecule has 2 aromatic carbocycles. The molecule has 1 saturated heterocycles. The van der Waals surface area contributed by atoms with Gasteiger partial charge in [0.15, 0.2) is 11.5 Å². The second kappa shape index (κ2) is 10.7. The summed E-state index contributed by atoms with van der Waals surface area (Å²) < 4.78 is 10.5. The number of nitrogens with zero attached hydrogens (tertiary/aromatic N) is 1. The third-order valence-electron chi connectivity index (χ3n) is 5.75. The van der Waals surface area contributed by atoms with Crippen molar-refractivity contribution in [2.24, 2.45) is 5.92 Å². The average molecular weight is 426 g/mol. The first-order valence-electron chi connectivity index (χ1n) is 10.6. The molecule has 31 heavy (non-hydrogen) atoms. The Bertz CT molecular complexity index is 907. The molecule has 1 heterocycles. The van der Waals surface area contributed by atoms with Gasteiger partial charge in [0.05, 0.1) is 14.2 Å². The zero-order valence-electron chi connectivity index (χ0n) is 18.4. The molecule has 0 saturated carbocycles. The molecule has 1 fully saturated rings. The van der Waals surface area contributed by atoms with E-state index in [0.29, 0.717) is 49.2 Å². The van der Waals surface area contributed by atoms with Gasteiger partial charge in [0.1, 0.15) is 0 Å². The zero-order chi connectivity index (χ0) is 22.2. The van der Waals surface area contributed by atoms with Gasteiger partial charge >= 0.3 is 6.03 Å². The Labute approximate surface area is 183 Å². The fourth-order valence-electron chi connectivity index (χ4n) is 3.79. The molecule has 1 aliphatic heterocycles. The van der Waals surface area contributed by atoms with Gasteiger partial charge in [0, 0.05) is 37.8 Å². The number of urea groups is 1. The number of likely N-dealkylation sites (tertiary alicyclic amines) is 1. The number of hydrogen-bond acceptors (Lipinski definition) is 4. The molecule has 7 heteroatoms. The van der Waals surface area contributed by atoms with Crippen LogP contribution in [0.25, 0.3) is 0 Å². The largest absolute Gasteiger partial charge is 0.493 e. The number of aryl methyl sites for hydroxylation is 1. The van der Waals surface area contributed by atoms with Gasteiger partial charge in [-0.1, -0.05) is 24.3 Å². The summed E-state index contributed by atoms with van der Waals surface area (Å²) in [5, 5.41) is 5.93. The lowest BCUT2D eigenvalue weighted by Gasteiger charge is -2.31. The van der Waals surface area contributed by atoms with Crippen molar-refractivity contribution in [1.29, 1.82) is 0 Å². The monoisotopic (exact) mass is 425 g/mol. The van der Waals surface area contributed by atoms with Crippen LogP contribution in [0.5, 0.6) is 11.5 Å². The number of ether oxygens (including phenoxy) is 2. The topological polar surface area (TPSA) is 79.9 Å². The van der Waals surface area contributed by atoms with E-state index in [2.05, 4.69) is 10.6 Å². The molecule has 0 aliphatic carbocycles. The molecule has 7 nitrogen and oxygen atoms in total. The standard InChI is InChI=1S/C24H31N3O4/c1-17-6-4-5-7-19(17)16-25-23(28)14-18-10-12-27(13-11-18)24(29)26-20-8-9-21(30-2)22(15-20)31-3/h4-9,15,18H,10-14,16H2,1-3H3,(H,25,28)(H,26,29). The van der Waals surface area contributed by atoms with Gasteiger partial charge in [-0.15, -0.1) is 0 Å². The van der Waals surface area contributed by atoms with Crippen LogP contribution in [0.3, 0.4) is 0 Å². The van der Waals surface area contributed by atoms with Gasteiger partial charge in [-0.3, -0.25) is 4.79 Å². The second-order valence-corrected chi connectivity index (χ2v) is 7.84. The van der Waals surface area contributed by atoms with Crippen LogP contribution in [0.15, 0.2) is 42.5 Å². The Kier molecular flexibility index (Phi) is 7.76. The van der Waals surface area contributed by atoms with E-state index in [9.17, 15) is 9.59 Å². The molecular formula is C24H31N3O4. The molecule has 0 atom stereocenters. The maximum atomic E-state index is 12.6. The lowest BCUT2D eigenvalue weighted by molar-refractivity contribution is -0.122. The van der Waals surface area contributed by atoms with Crippen LogP contribution in [0.2, 0.25) is 0 Å². The molecule has 2 aromatic rings. The van der Waals surface area contributed by atoms with E-state index >= 15 is 0 Å². The van der Waals surface area contributed by atoms with Crippen LogP contribution in [-0.4, -0.2) is 44.1 Å². The van der Waals surface area contributed by atoms with Gasteiger partial charge in [0.2, 0.25) is 5.91 Å². The molecule has 0 bridgehead atoms. The van der Waals surface area contributed by atoms with E-state index in [1.54, 1.807) is 37.3 Å². The van der Waals surface area contributed by atoms with E-state index < -0.39 is 0 Å². The van der Waals surface area contributed by atoms with Crippen molar-refractivity contribution in [3.63, 3.8) is 0 Å². The van der Waals surface area contributed by atoms with Crippen LogP contribution in [0.1, 0.15) is 30.4 Å². The number of piperidine rings is 1. The maximum Gasteiger partial charge on any atom is 0.321 e. The normalized spacial score (nSPS) is 14.1. The minimum absolute atomic E-state index is 0.0662. The van der Waals surface area contributed by atoms with E-state index in [-0.39, 0.29) is 11.9 Å². The summed E-state index contributed by atoms with van der Waals surface area (Å²) in [6, 6.07) is 13.2. The predicted molar refractivity (Wildman–Crippen MR) is 121 cm³/mol. The van der Waals surface area contributed by atoms with E-state index in [4.69, 9.17) is 9.47 Å². The van der Waals surface area contributed by atoms with Crippen LogP contribution in [-0.2, 0) is 11.3 Å². The highest BCUT2D eigenvalue weighted by atomic mass is 16.5. The third-order valence-corrected chi connectivity index (χ3v) is 5.75. The Balaban J connectivity index is 1.43. The van der Waals surface area contributed by atoms with Gasteiger partial charge in [-0.05, 0) is 48.9 Å². The second-order valence-electron chi connectivity index (χ2n) is 7.84. The van der Waals surface area contributed by atoms with Gasteiger partial charge in [0.25, 0.3) is 0 Å². The van der Waals surface area contributed by atoms with Crippen LogP contribution in [0, 0.1) is 12.8 Å². The molecule has 0 spiro atoms. The Morgan fingerprint density at radius 2 is 1.74 bits per heavy atom. The maximum absolute atomic E-state index is 12.6. The summed E-state index contributed by atoms with van der Waals surface area (Å²) in [6.45, 7) is 3.87. The summed E-state index contributed by atoms with van der Waals surface area (Å²) in [7, 11) is 3.13. The number of rotatable bonds is 7. The molecule has 1 aliphatic rings. The summed E-state index contributed by atoms with van der Waals surface area (Å²) in [6.07, 6.45) is 2.13. The summed E-state index contributed by atoms with van der Waals surface area (Å²) in [5.74, 6) is 1.54. The first-order chi connectivity index (χ1) is 15.0. The summed E-state index contributed by atoms with van der Waals surface area (Å²) in [5.41, 5.74) is 2.97. The number of benzene rings is 2. The molecule has 2 N–H and O–H groups in total. The molecule has 0 aromatic heterocycles. The number of anilines is 1. The van der Waals surface area contributed by atoms with E-state index in [1.807, 2.05) is 31.2 Å². The van der Waals surface area contributed by atoms with Gasteiger partial charge in [-0.2, -0.15) is 0 Å². The van der Waals surface area contributed by atoms with Crippen molar-refractivity contribution in [2.45, 2.75) is 32.7 Å². The molecule has 0 radical (unpaired) electrons. The van der Waals surface area contributed by atoms with Crippen molar-refractivity contribution in [3.8, 4) is 11.5 Å². The highest BCUT2D eigenvalue weighted by Gasteiger charge is 2.24. The van der Waals surface area contributed by atoms with Crippen LogP contribution >= 0.6 is 0 Å². The first-order valence-corrected chi connectivity index (χ1v) is 10.6. The zero-order valence-corrected chi connectivity index (χ0v) is 18.4. The molecular weight excluding hydrogens is 394 g/mol.